The highest BCUT2D eigenvalue weighted by Crippen LogP contribution is 2.26. The second-order valence-electron chi connectivity index (χ2n) is 7.86. The molecule has 0 unspecified atom stereocenters. The fourth-order valence-corrected chi connectivity index (χ4v) is 3.82. The van der Waals surface area contributed by atoms with Gasteiger partial charge in [0.05, 0.1) is 11.9 Å². The number of rotatable bonds is 6. The Morgan fingerprint density at radius 3 is 2.06 bits per heavy atom. The van der Waals surface area contributed by atoms with E-state index < -0.39 is 0 Å². The van der Waals surface area contributed by atoms with Crippen LogP contribution in [0.5, 0.6) is 0 Å². The Hall–Kier alpha value is -4.48. The maximum Gasteiger partial charge on any atom is 0.271 e. The van der Waals surface area contributed by atoms with Gasteiger partial charge in [0.25, 0.3) is 5.91 Å². The van der Waals surface area contributed by atoms with E-state index in [9.17, 15) is 4.79 Å². The van der Waals surface area contributed by atoms with Gasteiger partial charge in [0.1, 0.15) is 5.69 Å². The molecular weight excluding hydrogens is 456 g/mol. The van der Waals surface area contributed by atoms with Crippen LogP contribution in [0.25, 0.3) is 28.1 Å². The van der Waals surface area contributed by atoms with E-state index in [0.29, 0.717) is 10.6 Å². The van der Waals surface area contributed by atoms with Crippen molar-refractivity contribution < 1.29 is 4.79 Å². The molecule has 5 rings (SSSR count). The Bertz CT molecular complexity index is 1460. The Kier molecular flexibility index (Phi) is 6.50. The Morgan fingerprint density at radius 2 is 1.37 bits per heavy atom. The third kappa shape index (κ3) is 5.21. The van der Waals surface area contributed by atoms with Crippen molar-refractivity contribution in [3.8, 4) is 28.1 Å². The van der Waals surface area contributed by atoms with Gasteiger partial charge in [-0.3, -0.25) is 4.79 Å². The van der Waals surface area contributed by atoms with Crippen LogP contribution in [-0.4, -0.2) is 21.9 Å². The molecule has 0 atom stereocenters. The van der Waals surface area contributed by atoms with E-state index in [4.69, 9.17) is 16.7 Å². The van der Waals surface area contributed by atoms with Gasteiger partial charge in [0, 0.05) is 27.9 Å². The van der Waals surface area contributed by atoms with Crippen LogP contribution in [0, 0.1) is 0 Å². The average Bonchev–Trinajstić information content (AvgIpc) is 3.34. The minimum absolute atomic E-state index is 0.317. The number of halogens is 1. The molecule has 6 heteroatoms. The number of nitrogens with zero attached hydrogens (tertiary/aromatic N) is 3. The Balaban J connectivity index is 1.44. The molecule has 0 aliphatic carbocycles. The van der Waals surface area contributed by atoms with Gasteiger partial charge in [-0.2, -0.15) is 10.2 Å². The SMILES string of the molecule is O=C(NN=Cc1cn(-c2ccccc2)nc1-c1ccc(-c2ccccc2)cc1)c1ccc(Cl)cc1. The number of benzene rings is 4. The third-order valence-corrected chi connectivity index (χ3v) is 5.76. The fourth-order valence-electron chi connectivity index (χ4n) is 3.70. The molecule has 4 aromatic carbocycles. The first-order valence-electron chi connectivity index (χ1n) is 11.1. The lowest BCUT2D eigenvalue weighted by molar-refractivity contribution is 0.0955. The third-order valence-electron chi connectivity index (χ3n) is 5.50. The highest BCUT2D eigenvalue weighted by molar-refractivity contribution is 6.30. The van der Waals surface area contributed by atoms with Crippen LogP contribution in [0.1, 0.15) is 15.9 Å². The second-order valence-corrected chi connectivity index (χ2v) is 8.30. The molecule has 0 aliphatic heterocycles. The van der Waals surface area contributed by atoms with Crippen LogP contribution in [0.3, 0.4) is 0 Å². The maximum atomic E-state index is 12.4. The molecule has 5 aromatic rings. The number of hydrazone groups is 1. The number of carbonyl (C=O) groups is 1. The van der Waals surface area contributed by atoms with E-state index in [2.05, 4.69) is 34.8 Å². The smallest absolute Gasteiger partial charge is 0.267 e. The Labute approximate surface area is 208 Å². The van der Waals surface area contributed by atoms with E-state index in [1.54, 1.807) is 30.5 Å². The van der Waals surface area contributed by atoms with Crippen LogP contribution >= 0.6 is 11.6 Å². The predicted molar refractivity (Wildman–Crippen MR) is 141 cm³/mol. The number of carbonyl (C=O) groups excluding carboxylic acids is 1. The van der Waals surface area contributed by atoms with Crippen molar-refractivity contribution in [2.75, 3.05) is 0 Å². The summed E-state index contributed by atoms with van der Waals surface area (Å²) in [6.45, 7) is 0. The molecule has 35 heavy (non-hydrogen) atoms. The molecule has 0 saturated heterocycles. The second kappa shape index (κ2) is 10.2. The zero-order chi connectivity index (χ0) is 24.0. The molecule has 0 radical (unpaired) electrons. The molecule has 0 spiro atoms. The zero-order valence-corrected chi connectivity index (χ0v) is 19.4. The van der Waals surface area contributed by atoms with Crippen molar-refractivity contribution in [3.63, 3.8) is 0 Å². The number of nitrogens with one attached hydrogen (secondary N) is 1. The van der Waals surface area contributed by atoms with Gasteiger partial charge in [0.2, 0.25) is 0 Å². The lowest BCUT2D eigenvalue weighted by atomic mass is 10.0. The zero-order valence-electron chi connectivity index (χ0n) is 18.7. The van der Waals surface area contributed by atoms with E-state index in [-0.39, 0.29) is 5.91 Å². The summed E-state index contributed by atoms with van der Waals surface area (Å²) >= 11 is 5.90. The first-order chi connectivity index (χ1) is 17.2. The van der Waals surface area contributed by atoms with Crippen molar-refractivity contribution in [3.05, 3.63) is 132 Å². The summed E-state index contributed by atoms with van der Waals surface area (Å²) in [6, 6.07) is 35.0. The predicted octanol–water partition coefficient (Wildman–Crippen LogP) is 6.62. The summed E-state index contributed by atoms with van der Waals surface area (Å²) < 4.78 is 1.81. The normalized spacial score (nSPS) is 11.0. The first-order valence-corrected chi connectivity index (χ1v) is 11.4. The minimum atomic E-state index is -0.317. The summed E-state index contributed by atoms with van der Waals surface area (Å²) in [5.74, 6) is -0.317. The van der Waals surface area contributed by atoms with E-state index >= 15 is 0 Å². The molecule has 0 fully saturated rings. The molecular formula is C29H21ClN4O. The number of para-hydroxylation sites is 1. The monoisotopic (exact) mass is 476 g/mol. The molecule has 170 valence electrons. The van der Waals surface area contributed by atoms with Gasteiger partial charge in [-0.05, 0) is 47.5 Å². The highest BCUT2D eigenvalue weighted by atomic mass is 35.5. The van der Waals surface area contributed by atoms with Gasteiger partial charge in [-0.15, -0.1) is 0 Å². The summed E-state index contributed by atoms with van der Waals surface area (Å²) in [5.41, 5.74) is 8.75. The quantitative estimate of drug-likeness (QED) is 0.221. The summed E-state index contributed by atoms with van der Waals surface area (Å²) in [6.07, 6.45) is 3.51. The largest absolute Gasteiger partial charge is 0.271 e. The summed E-state index contributed by atoms with van der Waals surface area (Å²) in [7, 11) is 0. The number of amides is 1. The number of aromatic nitrogens is 2. The van der Waals surface area contributed by atoms with Gasteiger partial charge in [-0.25, -0.2) is 10.1 Å². The van der Waals surface area contributed by atoms with Crippen molar-refractivity contribution in [1.29, 1.82) is 0 Å². The van der Waals surface area contributed by atoms with E-state index in [1.165, 1.54) is 0 Å². The van der Waals surface area contributed by atoms with Crippen molar-refractivity contribution in [1.82, 2.24) is 15.2 Å². The van der Waals surface area contributed by atoms with Gasteiger partial charge >= 0.3 is 0 Å². The molecule has 5 nitrogen and oxygen atoms in total. The van der Waals surface area contributed by atoms with Crippen molar-refractivity contribution >= 4 is 23.7 Å². The maximum absolute atomic E-state index is 12.4. The molecule has 1 amide bonds. The molecule has 1 aromatic heterocycles. The van der Waals surface area contributed by atoms with Gasteiger partial charge in [-0.1, -0.05) is 84.4 Å². The molecule has 0 aliphatic rings. The molecule has 0 saturated carbocycles. The lowest BCUT2D eigenvalue weighted by Crippen LogP contribution is -2.17. The van der Waals surface area contributed by atoms with E-state index in [0.717, 1.165) is 33.6 Å². The highest BCUT2D eigenvalue weighted by Gasteiger charge is 2.12. The van der Waals surface area contributed by atoms with E-state index in [1.807, 2.05) is 71.5 Å². The fraction of sp³-hybridized carbons (Fsp3) is 0. The van der Waals surface area contributed by atoms with Crippen LogP contribution < -0.4 is 5.43 Å². The molecule has 0 bridgehead atoms. The van der Waals surface area contributed by atoms with Crippen LogP contribution in [0.15, 0.2) is 120 Å². The number of hydrogen-bond acceptors (Lipinski definition) is 3. The van der Waals surface area contributed by atoms with Crippen LogP contribution in [0.2, 0.25) is 5.02 Å². The van der Waals surface area contributed by atoms with Crippen LogP contribution in [-0.2, 0) is 0 Å². The first kappa shape index (κ1) is 22.3. The van der Waals surface area contributed by atoms with Gasteiger partial charge in [0.15, 0.2) is 0 Å². The molecule has 1 heterocycles. The lowest BCUT2D eigenvalue weighted by Gasteiger charge is -2.04. The number of hydrogen-bond donors (Lipinski definition) is 1. The standard InChI is InChI=1S/C29H21ClN4O/c30-26-17-15-24(16-18-26)29(35)32-31-19-25-20-34(27-9-5-2-6-10-27)33-28(25)23-13-11-22(12-14-23)21-7-3-1-4-8-21/h1-20H,(H,32,35). The molecule has 1 N–H and O–H groups in total. The topological polar surface area (TPSA) is 59.3 Å². The Morgan fingerprint density at radius 1 is 0.771 bits per heavy atom. The van der Waals surface area contributed by atoms with Crippen molar-refractivity contribution in [2.45, 2.75) is 0 Å². The summed E-state index contributed by atoms with van der Waals surface area (Å²) in [4.78, 5) is 12.4. The van der Waals surface area contributed by atoms with Crippen LogP contribution in [0.4, 0.5) is 0 Å². The van der Waals surface area contributed by atoms with Gasteiger partial charge < -0.3 is 0 Å². The minimum Gasteiger partial charge on any atom is -0.267 e. The average molecular weight is 477 g/mol. The van der Waals surface area contributed by atoms with Crippen molar-refractivity contribution in [2.24, 2.45) is 5.10 Å². The summed E-state index contributed by atoms with van der Waals surface area (Å²) in [5, 5.41) is 9.58.